The molecule has 0 spiro atoms. The topological polar surface area (TPSA) is 9.23 Å². The molecule has 0 N–H and O–H groups in total. The molecule has 2 rings (SSSR count). The van der Waals surface area contributed by atoms with E-state index >= 15 is 0 Å². The maximum absolute atomic E-state index is 5.29. The Morgan fingerprint density at radius 3 is 2.53 bits per heavy atom. The first-order chi connectivity index (χ1) is 7.38. The Bertz CT molecular complexity index is 213. The van der Waals surface area contributed by atoms with Gasteiger partial charge in [0.25, 0.3) is 0 Å². The molecule has 0 saturated heterocycles. The second kappa shape index (κ2) is 5.58. The fraction of sp³-hybridized carbons (Fsp3) is 0.857. The van der Waals surface area contributed by atoms with Crippen molar-refractivity contribution in [3.63, 3.8) is 0 Å². The van der Waals surface area contributed by atoms with Crippen LogP contribution in [-0.4, -0.2) is 7.11 Å². The van der Waals surface area contributed by atoms with Crippen LogP contribution in [0.4, 0.5) is 0 Å². The normalized spacial score (nSPS) is 28.6. The monoisotopic (exact) mass is 208 g/mol. The van der Waals surface area contributed by atoms with Gasteiger partial charge in [-0.25, -0.2) is 0 Å². The smallest absolute Gasteiger partial charge is 0.0915 e. The van der Waals surface area contributed by atoms with Crippen LogP contribution in [0.3, 0.4) is 0 Å². The molecule has 0 aromatic carbocycles. The van der Waals surface area contributed by atoms with Crippen LogP contribution in [-0.2, 0) is 4.74 Å². The minimum atomic E-state index is 0.951. The summed E-state index contributed by atoms with van der Waals surface area (Å²) >= 11 is 0. The summed E-state index contributed by atoms with van der Waals surface area (Å²) in [5, 5.41) is 0. The van der Waals surface area contributed by atoms with Gasteiger partial charge in [0, 0.05) is 6.42 Å². The third-order valence-electron chi connectivity index (χ3n) is 4.13. The Kier molecular flexibility index (Phi) is 4.10. The number of hydrogen-bond acceptors (Lipinski definition) is 1. The summed E-state index contributed by atoms with van der Waals surface area (Å²) in [7, 11) is 1.80. The average Bonchev–Trinajstić information content (AvgIpc) is 2.31. The second-order valence-corrected chi connectivity index (χ2v) is 5.25. The molecule has 0 aromatic rings. The number of ether oxygens (including phenoxy) is 1. The molecule has 15 heavy (non-hydrogen) atoms. The molecule has 0 aromatic heterocycles. The Balaban J connectivity index is 1.74. The molecule has 2 aliphatic rings. The summed E-state index contributed by atoms with van der Waals surface area (Å²) in [6.45, 7) is 0. The lowest BCUT2D eigenvalue weighted by atomic mass is 9.79. The van der Waals surface area contributed by atoms with Gasteiger partial charge in [0.1, 0.15) is 0 Å². The minimum Gasteiger partial charge on any atom is -0.501 e. The first-order valence-corrected chi connectivity index (χ1v) is 6.61. The molecular weight excluding hydrogens is 184 g/mol. The standard InChI is InChI=1S/C14H24O/c1-15-14-9-7-13(8-10-14)11-12-5-3-2-4-6-12/h9,12-13H,2-8,10-11H2,1H3. The zero-order chi connectivity index (χ0) is 10.5. The summed E-state index contributed by atoms with van der Waals surface area (Å²) in [5.41, 5.74) is 0. The van der Waals surface area contributed by atoms with Gasteiger partial charge in [-0.2, -0.15) is 0 Å². The lowest BCUT2D eigenvalue weighted by Gasteiger charge is -2.28. The largest absolute Gasteiger partial charge is 0.501 e. The van der Waals surface area contributed by atoms with E-state index < -0.39 is 0 Å². The van der Waals surface area contributed by atoms with Crippen molar-refractivity contribution in [3.8, 4) is 0 Å². The molecule has 0 amide bonds. The average molecular weight is 208 g/mol. The van der Waals surface area contributed by atoms with Gasteiger partial charge in [0.05, 0.1) is 12.9 Å². The van der Waals surface area contributed by atoms with Gasteiger partial charge in [0.15, 0.2) is 0 Å². The van der Waals surface area contributed by atoms with Crippen LogP contribution >= 0.6 is 0 Å². The van der Waals surface area contributed by atoms with Crippen LogP contribution in [0.2, 0.25) is 0 Å². The summed E-state index contributed by atoms with van der Waals surface area (Å²) in [6.07, 6.45) is 15.0. The molecule has 86 valence electrons. The molecule has 1 fully saturated rings. The van der Waals surface area contributed by atoms with Crippen LogP contribution < -0.4 is 0 Å². The fourth-order valence-corrected chi connectivity index (χ4v) is 3.16. The summed E-state index contributed by atoms with van der Waals surface area (Å²) in [5.74, 6) is 3.21. The van der Waals surface area contributed by atoms with E-state index in [1.807, 2.05) is 0 Å². The third-order valence-corrected chi connectivity index (χ3v) is 4.13. The predicted molar refractivity (Wildman–Crippen MR) is 63.6 cm³/mol. The van der Waals surface area contributed by atoms with Crippen LogP contribution in [0.25, 0.3) is 0 Å². The lowest BCUT2D eigenvalue weighted by Crippen LogP contribution is -2.14. The molecule has 0 radical (unpaired) electrons. The minimum absolute atomic E-state index is 0.951. The highest BCUT2D eigenvalue weighted by atomic mass is 16.5. The van der Waals surface area contributed by atoms with Gasteiger partial charge in [0.2, 0.25) is 0 Å². The van der Waals surface area contributed by atoms with Crippen molar-refractivity contribution in [1.29, 1.82) is 0 Å². The van der Waals surface area contributed by atoms with Gasteiger partial charge in [-0.15, -0.1) is 0 Å². The van der Waals surface area contributed by atoms with Crippen molar-refractivity contribution < 1.29 is 4.74 Å². The number of hydrogen-bond donors (Lipinski definition) is 0. The van der Waals surface area contributed by atoms with Gasteiger partial charge in [-0.3, -0.25) is 0 Å². The van der Waals surface area contributed by atoms with Crippen molar-refractivity contribution >= 4 is 0 Å². The first-order valence-electron chi connectivity index (χ1n) is 6.61. The quantitative estimate of drug-likeness (QED) is 0.672. The molecule has 2 aliphatic carbocycles. The third kappa shape index (κ3) is 3.25. The highest BCUT2D eigenvalue weighted by Gasteiger charge is 2.20. The first kappa shape index (κ1) is 11.0. The van der Waals surface area contributed by atoms with E-state index in [-0.39, 0.29) is 0 Å². The van der Waals surface area contributed by atoms with Crippen molar-refractivity contribution in [3.05, 3.63) is 11.8 Å². The van der Waals surface area contributed by atoms with E-state index in [1.165, 1.54) is 63.5 Å². The van der Waals surface area contributed by atoms with Gasteiger partial charge >= 0.3 is 0 Å². The highest BCUT2D eigenvalue weighted by molar-refractivity contribution is 4.99. The molecule has 1 heteroatoms. The Morgan fingerprint density at radius 2 is 1.93 bits per heavy atom. The Morgan fingerprint density at radius 1 is 1.13 bits per heavy atom. The van der Waals surface area contributed by atoms with E-state index in [0.29, 0.717) is 0 Å². The fourth-order valence-electron chi connectivity index (χ4n) is 3.16. The highest BCUT2D eigenvalue weighted by Crippen LogP contribution is 2.34. The van der Waals surface area contributed by atoms with Gasteiger partial charge in [-0.1, -0.05) is 32.1 Å². The van der Waals surface area contributed by atoms with Gasteiger partial charge < -0.3 is 4.74 Å². The van der Waals surface area contributed by atoms with E-state index in [1.54, 1.807) is 7.11 Å². The SMILES string of the molecule is COC1=CCC(CC2CCCCC2)CC1. The summed E-state index contributed by atoms with van der Waals surface area (Å²) in [6, 6.07) is 0. The maximum atomic E-state index is 5.29. The second-order valence-electron chi connectivity index (χ2n) is 5.25. The lowest BCUT2D eigenvalue weighted by molar-refractivity contribution is 0.229. The predicted octanol–water partition coefficient (Wildman–Crippen LogP) is 4.29. The number of methoxy groups -OCH3 is 1. The summed E-state index contributed by atoms with van der Waals surface area (Å²) in [4.78, 5) is 0. The van der Waals surface area contributed by atoms with Crippen LogP contribution in [0.5, 0.6) is 0 Å². The summed E-state index contributed by atoms with van der Waals surface area (Å²) < 4.78 is 5.29. The van der Waals surface area contributed by atoms with E-state index in [4.69, 9.17) is 4.74 Å². The van der Waals surface area contributed by atoms with Crippen molar-refractivity contribution in [2.45, 2.75) is 57.8 Å². The maximum Gasteiger partial charge on any atom is 0.0915 e. The van der Waals surface area contributed by atoms with E-state index in [2.05, 4.69) is 6.08 Å². The number of allylic oxidation sites excluding steroid dienone is 2. The van der Waals surface area contributed by atoms with Crippen molar-refractivity contribution in [1.82, 2.24) is 0 Å². The zero-order valence-corrected chi connectivity index (χ0v) is 10.0. The molecule has 1 saturated carbocycles. The van der Waals surface area contributed by atoms with Crippen LogP contribution in [0.1, 0.15) is 57.8 Å². The Hall–Kier alpha value is -0.460. The molecule has 0 aliphatic heterocycles. The van der Waals surface area contributed by atoms with Crippen molar-refractivity contribution in [2.75, 3.05) is 7.11 Å². The van der Waals surface area contributed by atoms with Crippen LogP contribution in [0.15, 0.2) is 11.8 Å². The van der Waals surface area contributed by atoms with Crippen molar-refractivity contribution in [2.24, 2.45) is 11.8 Å². The number of rotatable bonds is 3. The van der Waals surface area contributed by atoms with E-state index in [9.17, 15) is 0 Å². The molecule has 1 atom stereocenters. The molecule has 0 heterocycles. The molecular formula is C14H24O. The Labute approximate surface area is 93.9 Å². The van der Waals surface area contributed by atoms with Gasteiger partial charge in [-0.05, 0) is 37.2 Å². The molecule has 0 bridgehead atoms. The molecule has 1 unspecified atom stereocenters. The van der Waals surface area contributed by atoms with E-state index in [0.717, 1.165) is 11.8 Å². The molecule has 1 nitrogen and oxygen atoms in total. The van der Waals surface area contributed by atoms with Crippen LogP contribution in [0, 0.1) is 11.8 Å². The zero-order valence-electron chi connectivity index (χ0n) is 10.0.